The Bertz CT molecular complexity index is 536. The van der Waals surface area contributed by atoms with E-state index >= 15 is 0 Å². The van der Waals surface area contributed by atoms with Crippen LogP contribution in [0.3, 0.4) is 0 Å². The number of ether oxygens (including phenoxy) is 1. The minimum absolute atomic E-state index is 0.0676. The molecule has 4 heteroatoms. The van der Waals surface area contributed by atoms with Gasteiger partial charge in [-0.25, -0.2) is 0 Å². The van der Waals surface area contributed by atoms with E-state index in [0.717, 1.165) is 24.6 Å². The van der Waals surface area contributed by atoms with Gasteiger partial charge in [-0.2, -0.15) is 0 Å². The molecule has 4 nitrogen and oxygen atoms in total. The van der Waals surface area contributed by atoms with Gasteiger partial charge in [-0.15, -0.1) is 0 Å². The fourth-order valence-corrected chi connectivity index (χ4v) is 2.36. The molecule has 2 heterocycles. The van der Waals surface area contributed by atoms with Crippen molar-refractivity contribution in [3.05, 3.63) is 35.3 Å². The van der Waals surface area contributed by atoms with Crippen molar-refractivity contribution in [3.63, 3.8) is 0 Å². The lowest BCUT2D eigenvalue weighted by molar-refractivity contribution is 0.194. The van der Waals surface area contributed by atoms with Crippen LogP contribution in [0.1, 0.15) is 38.6 Å². The average Bonchev–Trinajstić information content (AvgIpc) is 2.98. The van der Waals surface area contributed by atoms with E-state index in [1.165, 1.54) is 11.4 Å². The van der Waals surface area contributed by atoms with Gasteiger partial charge in [0.2, 0.25) is 0 Å². The van der Waals surface area contributed by atoms with Crippen LogP contribution < -0.4 is 5.73 Å². The minimum atomic E-state index is -0.0676. The summed E-state index contributed by atoms with van der Waals surface area (Å²) in [6.07, 6.45) is 2.99. The molecule has 1 saturated heterocycles. The SMILES string of the molecule is Cc1ccc(C)n1C(/C=C(\N)C(C)(C)C)=N[C@@H]1CCOC1. The van der Waals surface area contributed by atoms with Crippen LogP contribution >= 0.6 is 0 Å². The lowest BCUT2D eigenvalue weighted by atomic mass is 9.92. The highest BCUT2D eigenvalue weighted by Crippen LogP contribution is 2.22. The van der Waals surface area contributed by atoms with Crippen molar-refractivity contribution in [1.29, 1.82) is 0 Å². The lowest BCUT2D eigenvalue weighted by Gasteiger charge is -2.20. The molecule has 116 valence electrons. The third kappa shape index (κ3) is 3.76. The summed E-state index contributed by atoms with van der Waals surface area (Å²) >= 11 is 0. The first kappa shape index (κ1) is 15.8. The standard InChI is InChI=1S/C17H27N3O/c1-12-6-7-13(2)20(12)16(10-15(18)17(3,4)5)19-14-8-9-21-11-14/h6-7,10,14H,8-9,11,18H2,1-5H3/b15-10-,19-16?/t14-/m1/s1. The van der Waals surface area contributed by atoms with Gasteiger partial charge in [-0.3, -0.25) is 4.99 Å². The number of aryl methyl sites for hydroxylation is 2. The van der Waals surface area contributed by atoms with E-state index in [0.29, 0.717) is 6.61 Å². The Morgan fingerprint density at radius 2 is 1.95 bits per heavy atom. The summed E-state index contributed by atoms with van der Waals surface area (Å²) in [7, 11) is 0. The van der Waals surface area contributed by atoms with Gasteiger partial charge in [0.15, 0.2) is 0 Å². The Morgan fingerprint density at radius 1 is 1.33 bits per heavy atom. The fourth-order valence-electron chi connectivity index (χ4n) is 2.36. The lowest BCUT2D eigenvalue weighted by Crippen LogP contribution is -2.23. The summed E-state index contributed by atoms with van der Waals surface area (Å²) in [6, 6.07) is 4.44. The van der Waals surface area contributed by atoms with E-state index in [1.807, 2.05) is 6.08 Å². The molecule has 0 bridgehead atoms. The Hall–Kier alpha value is -1.55. The van der Waals surface area contributed by atoms with Crippen LogP contribution in [0.5, 0.6) is 0 Å². The van der Waals surface area contributed by atoms with Crippen molar-refractivity contribution >= 4 is 5.84 Å². The summed E-state index contributed by atoms with van der Waals surface area (Å²) < 4.78 is 7.60. The van der Waals surface area contributed by atoms with Crippen molar-refractivity contribution in [2.75, 3.05) is 13.2 Å². The van der Waals surface area contributed by atoms with Crippen molar-refractivity contribution in [2.24, 2.45) is 16.1 Å². The molecule has 21 heavy (non-hydrogen) atoms. The van der Waals surface area contributed by atoms with Crippen molar-refractivity contribution in [1.82, 2.24) is 4.57 Å². The highest BCUT2D eigenvalue weighted by molar-refractivity contribution is 5.96. The molecule has 0 saturated carbocycles. The van der Waals surface area contributed by atoms with Gasteiger partial charge in [-0.1, -0.05) is 20.8 Å². The summed E-state index contributed by atoms with van der Waals surface area (Å²) in [4.78, 5) is 4.89. The quantitative estimate of drug-likeness (QED) is 0.672. The first-order valence-corrected chi connectivity index (χ1v) is 7.57. The maximum absolute atomic E-state index is 6.27. The molecule has 1 aromatic rings. The minimum Gasteiger partial charge on any atom is -0.401 e. The highest BCUT2D eigenvalue weighted by Gasteiger charge is 2.19. The number of aliphatic imine (C=N–C) groups is 1. The topological polar surface area (TPSA) is 52.5 Å². The number of hydrogen-bond donors (Lipinski definition) is 1. The number of aromatic nitrogens is 1. The summed E-state index contributed by atoms with van der Waals surface area (Å²) in [5.41, 5.74) is 9.38. The molecule has 0 aliphatic carbocycles. The maximum Gasteiger partial charge on any atom is 0.134 e. The van der Waals surface area contributed by atoms with Crippen molar-refractivity contribution in [2.45, 2.75) is 47.1 Å². The van der Waals surface area contributed by atoms with Gasteiger partial charge in [-0.05, 0) is 32.4 Å². The van der Waals surface area contributed by atoms with Crippen LogP contribution in [0.25, 0.3) is 0 Å². The molecule has 0 amide bonds. The van der Waals surface area contributed by atoms with Crippen LogP contribution in [-0.4, -0.2) is 29.7 Å². The molecule has 2 N–H and O–H groups in total. The number of allylic oxidation sites excluding steroid dienone is 2. The third-order valence-corrected chi connectivity index (χ3v) is 3.87. The predicted molar refractivity (Wildman–Crippen MR) is 87.7 cm³/mol. The van der Waals surface area contributed by atoms with Crippen LogP contribution in [0.15, 0.2) is 28.9 Å². The summed E-state index contributed by atoms with van der Waals surface area (Å²) in [5.74, 6) is 0.915. The second-order valence-corrected chi connectivity index (χ2v) is 6.81. The van der Waals surface area contributed by atoms with E-state index in [1.54, 1.807) is 0 Å². The summed E-state index contributed by atoms with van der Waals surface area (Å²) in [6.45, 7) is 12.0. The van der Waals surface area contributed by atoms with Gasteiger partial charge in [0.05, 0.1) is 12.6 Å². The van der Waals surface area contributed by atoms with Crippen molar-refractivity contribution in [3.8, 4) is 0 Å². The number of nitrogens with two attached hydrogens (primary N) is 1. The third-order valence-electron chi connectivity index (χ3n) is 3.87. The van der Waals surface area contributed by atoms with E-state index in [9.17, 15) is 0 Å². The second kappa shape index (κ2) is 6.06. The molecule has 2 rings (SSSR count). The van der Waals surface area contributed by atoms with Gasteiger partial charge in [0.25, 0.3) is 0 Å². The average molecular weight is 289 g/mol. The molecular formula is C17H27N3O. The Labute approximate surface area is 127 Å². The van der Waals surface area contributed by atoms with E-state index in [-0.39, 0.29) is 11.5 Å². The number of nitrogens with zero attached hydrogens (tertiary/aromatic N) is 2. The number of rotatable bonds is 2. The molecule has 0 radical (unpaired) electrons. The second-order valence-electron chi connectivity index (χ2n) is 6.81. The largest absolute Gasteiger partial charge is 0.401 e. The molecule has 1 fully saturated rings. The van der Waals surface area contributed by atoms with Crippen LogP contribution in [0, 0.1) is 19.3 Å². The monoisotopic (exact) mass is 289 g/mol. The van der Waals surface area contributed by atoms with Crippen LogP contribution in [-0.2, 0) is 4.74 Å². The van der Waals surface area contributed by atoms with E-state index in [2.05, 4.69) is 51.3 Å². The van der Waals surface area contributed by atoms with Gasteiger partial charge in [0.1, 0.15) is 5.84 Å². The molecule has 1 aliphatic heterocycles. The smallest absolute Gasteiger partial charge is 0.134 e. The van der Waals surface area contributed by atoms with Crippen LogP contribution in [0.2, 0.25) is 0 Å². The zero-order chi connectivity index (χ0) is 15.6. The van der Waals surface area contributed by atoms with Crippen molar-refractivity contribution < 1.29 is 4.74 Å². The first-order valence-electron chi connectivity index (χ1n) is 7.57. The zero-order valence-corrected chi connectivity index (χ0v) is 13.8. The fraction of sp³-hybridized carbons (Fsp3) is 0.588. The van der Waals surface area contributed by atoms with Crippen LogP contribution in [0.4, 0.5) is 0 Å². The predicted octanol–water partition coefficient (Wildman–Crippen LogP) is 3.03. The normalized spacial score (nSPS) is 21.1. The highest BCUT2D eigenvalue weighted by atomic mass is 16.5. The molecule has 1 atom stereocenters. The first-order chi connectivity index (χ1) is 9.79. The Kier molecular flexibility index (Phi) is 4.57. The van der Waals surface area contributed by atoms with Gasteiger partial charge in [0, 0.05) is 35.2 Å². The molecule has 0 spiro atoms. The maximum atomic E-state index is 6.27. The van der Waals surface area contributed by atoms with E-state index < -0.39 is 0 Å². The zero-order valence-electron chi connectivity index (χ0n) is 13.8. The molecule has 1 aliphatic rings. The molecule has 1 aromatic heterocycles. The van der Waals surface area contributed by atoms with E-state index in [4.69, 9.17) is 15.5 Å². The Balaban J connectivity index is 2.45. The molecule has 0 aromatic carbocycles. The molecule has 0 unspecified atom stereocenters. The number of hydrogen-bond acceptors (Lipinski definition) is 3. The Morgan fingerprint density at radius 3 is 2.43 bits per heavy atom. The summed E-state index contributed by atoms with van der Waals surface area (Å²) in [5, 5.41) is 0. The van der Waals surface area contributed by atoms with Gasteiger partial charge < -0.3 is 15.0 Å². The molecular weight excluding hydrogens is 262 g/mol. The van der Waals surface area contributed by atoms with Gasteiger partial charge >= 0.3 is 0 Å².